The maximum Gasteiger partial charge on any atom is 0.261 e. The predicted octanol–water partition coefficient (Wildman–Crippen LogP) is 2.85. The Morgan fingerprint density at radius 3 is 2.32 bits per heavy atom. The molecule has 1 unspecified atom stereocenters. The summed E-state index contributed by atoms with van der Waals surface area (Å²) in [4.78, 5) is 56.5. The van der Waals surface area contributed by atoms with Crippen molar-refractivity contribution in [2.75, 3.05) is 13.2 Å². The van der Waals surface area contributed by atoms with E-state index >= 15 is 0 Å². The summed E-state index contributed by atoms with van der Waals surface area (Å²) < 4.78 is 0. The van der Waals surface area contributed by atoms with Crippen LogP contribution in [0.25, 0.3) is 0 Å². The van der Waals surface area contributed by atoms with Crippen LogP contribution in [0.1, 0.15) is 73.6 Å². The van der Waals surface area contributed by atoms with Crippen molar-refractivity contribution < 1.29 is 24.3 Å². The second-order valence-corrected chi connectivity index (χ2v) is 9.16. The van der Waals surface area contributed by atoms with Gasteiger partial charge in [-0.05, 0) is 36.8 Å². The smallest absolute Gasteiger partial charge is 0.261 e. The first kappa shape index (κ1) is 23.0. The summed E-state index contributed by atoms with van der Waals surface area (Å²) in [6, 6.07) is 6.34. The molecular weight excluding hydrogens is 396 g/mol. The minimum absolute atomic E-state index is 0.0825. The number of aliphatic hydroxyl groups is 1. The molecule has 1 aliphatic heterocycles. The molecule has 1 heterocycles. The van der Waals surface area contributed by atoms with Gasteiger partial charge in [-0.2, -0.15) is 0 Å². The fraction of sp³-hybridized carbons (Fsp3) is 0.542. The highest BCUT2D eigenvalue weighted by molar-refractivity contribution is 6.23. The summed E-state index contributed by atoms with van der Waals surface area (Å²) in [5, 5.41) is 9.52. The second-order valence-electron chi connectivity index (χ2n) is 9.16. The van der Waals surface area contributed by atoms with Gasteiger partial charge in [0, 0.05) is 25.1 Å². The molecule has 3 rings (SSSR count). The van der Waals surface area contributed by atoms with E-state index in [1.165, 1.54) is 0 Å². The minimum atomic E-state index is -0.893. The van der Waals surface area contributed by atoms with Crippen LogP contribution in [-0.4, -0.2) is 58.3 Å². The standard InChI is InChI=1S/C24H30N2O5/c1-4-15(14-27)25-18-12-24(2,3)13-20(29)21(18)19(28)10-7-11-26-22(30)16-8-5-6-9-17(16)23(26)31/h5-6,8-9,15,21,27H,4,7,10-14H2,1-3H3/t15-,21?/m1/s1. The SMILES string of the molecule is CC[C@H](CO)N=C1CC(C)(C)CC(=O)C1C(=O)CCCN1C(=O)c2ccccc2C1=O. The molecule has 0 bridgehead atoms. The van der Waals surface area contributed by atoms with Gasteiger partial charge in [-0.15, -0.1) is 0 Å². The summed E-state index contributed by atoms with van der Waals surface area (Å²) in [6.07, 6.45) is 1.83. The molecule has 166 valence electrons. The number of rotatable bonds is 8. The van der Waals surface area contributed by atoms with Crippen molar-refractivity contribution in [1.29, 1.82) is 0 Å². The number of benzene rings is 1. The highest BCUT2D eigenvalue weighted by Gasteiger charge is 2.42. The summed E-state index contributed by atoms with van der Waals surface area (Å²) in [5.74, 6) is -1.97. The van der Waals surface area contributed by atoms with Crippen LogP contribution in [0.3, 0.4) is 0 Å². The van der Waals surface area contributed by atoms with Crippen molar-refractivity contribution in [1.82, 2.24) is 4.90 Å². The van der Waals surface area contributed by atoms with Gasteiger partial charge in [0.1, 0.15) is 17.5 Å². The Bertz CT molecular complexity index is 895. The molecule has 2 atom stereocenters. The Kier molecular flexibility index (Phi) is 6.84. The lowest BCUT2D eigenvalue weighted by Gasteiger charge is -2.34. The molecule has 0 aromatic heterocycles. The molecule has 31 heavy (non-hydrogen) atoms. The Morgan fingerprint density at radius 1 is 1.16 bits per heavy atom. The molecule has 1 aromatic carbocycles. The molecule has 2 amide bonds. The van der Waals surface area contributed by atoms with E-state index in [2.05, 4.69) is 4.99 Å². The third kappa shape index (κ3) is 4.82. The molecule has 0 radical (unpaired) electrons. The Morgan fingerprint density at radius 2 is 1.77 bits per heavy atom. The van der Waals surface area contributed by atoms with Crippen molar-refractivity contribution in [3.8, 4) is 0 Å². The van der Waals surface area contributed by atoms with Gasteiger partial charge < -0.3 is 5.11 Å². The van der Waals surface area contributed by atoms with E-state index in [0.29, 0.717) is 42.5 Å². The zero-order valence-electron chi connectivity index (χ0n) is 18.4. The predicted molar refractivity (Wildman–Crippen MR) is 116 cm³/mol. The fourth-order valence-corrected chi connectivity index (χ4v) is 4.39. The number of Topliss-reactive ketones (excluding diaryl/α,β-unsaturated/α-hetero) is 2. The van der Waals surface area contributed by atoms with E-state index in [1.807, 2.05) is 20.8 Å². The lowest BCUT2D eigenvalue weighted by Crippen LogP contribution is -2.43. The van der Waals surface area contributed by atoms with E-state index < -0.39 is 5.92 Å². The van der Waals surface area contributed by atoms with E-state index in [0.717, 1.165) is 4.90 Å². The second kappa shape index (κ2) is 9.22. The Hall–Kier alpha value is -2.67. The summed E-state index contributed by atoms with van der Waals surface area (Å²) in [5.41, 5.74) is 1.04. The first-order valence-electron chi connectivity index (χ1n) is 10.9. The molecule has 1 saturated carbocycles. The van der Waals surface area contributed by atoms with E-state index in [4.69, 9.17) is 0 Å². The van der Waals surface area contributed by atoms with E-state index in [9.17, 15) is 24.3 Å². The zero-order chi connectivity index (χ0) is 22.8. The van der Waals surface area contributed by atoms with Gasteiger partial charge in [-0.1, -0.05) is 32.9 Å². The quantitative estimate of drug-likeness (QED) is 0.508. The monoisotopic (exact) mass is 426 g/mol. The average molecular weight is 427 g/mol. The number of carbonyl (C=O) groups is 4. The number of hydrogen-bond acceptors (Lipinski definition) is 6. The van der Waals surface area contributed by atoms with Crippen LogP contribution in [0.2, 0.25) is 0 Å². The number of nitrogens with zero attached hydrogens (tertiary/aromatic N) is 2. The number of ketones is 2. The van der Waals surface area contributed by atoms with Gasteiger partial charge in [-0.3, -0.25) is 29.1 Å². The number of hydrogen-bond donors (Lipinski definition) is 1. The normalized spacial score (nSPS) is 22.7. The van der Waals surface area contributed by atoms with Crippen LogP contribution in [0.5, 0.6) is 0 Å². The van der Waals surface area contributed by atoms with Crippen molar-refractivity contribution >= 4 is 29.1 Å². The van der Waals surface area contributed by atoms with Crippen LogP contribution in [0, 0.1) is 11.3 Å². The molecule has 7 nitrogen and oxygen atoms in total. The number of carbonyl (C=O) groups excluding carboxylic acids is 4. The van der Waals surface area contributed by atoms with Gasteiger partial charge in [-0.25, -0.2) is 0 Å². The van der Waals surface area contributed by atoms with Crippen LogP contribution in [0.15, 0.2) is 29.3 Å². The number of amides is 2. The van der Waals surface area contributed by atoms with Crippen LogP contribution in [-0.2, 0) is 9.59 Å². The lowest BCUT2D eigenvalue weighted by atomic mass is 9.69. The third-order valence-electron chi connectivity index (χ3n) is 6.00. The molecule has 1 aliphatic carbocycles. The van der Waals surface area contributed by atoms with Gasteiger partial charge in [0.25, 0.3) is 11.8 Å². The summed E-state index contributed by atoms with van der Waals surface area (Å²) >= 11 is 0. The zero-order valence-corrected chi connectivity index (χ0v) is 18.4. The topological polar surface area (TPSA) is 104 Å². The van der Waals surface area contributed by atoms with Crippen LogP contribution >= 0.6 is 0 Å². The number of aliphatic imine (C=N–C) groups is 1. The maximum absolute atomic E-state index is 13.0. The van der Waals surface area contributed by atoms with Gasteiger partial charge >= 0.3 is 0 Å². The largest absolute Gasteiger partial charge is 0.394 e. The van der Waals surface area contributed by atoms with Gasteiger partial charge in [0.2, 0.25) is 0 Å². The van der Waals surface area contributed by atoms with E-state index in [-0.39, 0.29) is 54.4 Å². The molecule has 1 aromatic rings. The minimum Gasteiger partial charge on any atom is -0.394 e. The first-order valence-corrected chi connectivity index (χ1v) is 10.9. The van der Waals surface area contributed by atoms with Crippen molar-refractivity contribution in [3.63, 3.8) is 0 Å². The summed E-state index contributed by atoms with van der Waals surface area (Å²) in [6.45, 7) is 5.85. The maximum atomic E-state index is 13.0. The van der Waals surface area contributed by atoms with E-state index in [1.54, 1.807) is 24.3 Å². The first-order chi connectivity index (χ1) is 14.7. The van der Waals surface area contributed by atoms with Crippen LogP contribution < -0.4 is 0 Å². The number of aliphatic hydroxyl groups excluding tert-OH is 1. The molecule has 1 fully saturated rings. The summed E-state index contributed by atoms with van der Waals surface area (Å²) in [7, 11) is 0. The van der Waals surface area contributed by atoms with Crippen molar-refractivity contribution in [3.05, 3.63) is 35.4 Å². The van der Waals surface area contributed by atoms with Gasteiger partial charge in [0.15, 0.2) is 0 Å². The Balaban J connectivity index is 1.68. The molecule has 2 aliphatic rings. The fourth-order valence-electron chi connectivity index (χ4n) is 4.39. The molecule has 0 saturated heterocycles. The molecule has 7 heteroatoms. The highest BCUT2D eigenvalue weighted by Crippen LogP contribution is 2.36. The molecule has 0 spiro atoms. The highest BCUT2D eigenvalue weighted by atomic mass is 16.3. The third-order valence-corrected chi connectivity index (χ3v) is 6.00. The lowest BCUT2D eigenvalue weighted by molar-refractivity contribution is -0.132. The Labute approximate surface area is 182 Å². The number of fused-ring (bicyclic) bond motifs is 1. The molecular formula is C24H30N2O5. The van der Waals surface area contributed by atoms with Gasteiger partial charge in [0.05, 0.1) is 23.8 Å². The van der Waals surface area contributed by atoms with Crippen molar-refractivity contribution in [2.45, 2.75) is 58.9 Å². The van der Waals surface area contributed by atoms with Crippen molar-refractivity contribution in [2.24, 2.45) is 16.3 Å². The molecule has 1 N–H and O–H groups in total. The van der Waals surface area contributed by atoms with Crippen LogP contribution in [0.4, 0.5) is 0 Å². The number of imide groups is 1. The average Bonchev–Trinajstić information content (AvgIpc) is 2.96.